The maximum Gasteiger partial charge on any atom is 0.388 e. The van der Waals surface area contributed by atoms with E-state index in [2.05, 4.69) is 14.9 Å². The summed E-state index contributed by atoms with van der Waals surface area (Å²) in [6, 6.07) is 5.84. The molecular weight excluding hydrogens is 377 g/mol. The maximum atomic E-state index is 14.0. The molecule has 2 aliphatic rings. The Morgan fingerprint density at radius 1 is 1.25 bits per heavy atom. The topological polar surface area (TPSA) is 71.2 Å². The van der Waals surface area contributed by atoms with Crippen molar-refractivity contribution in [2.24, 2.45) is 11.8 Å². The second kappa shape index (κ2) is 6.33. The largest absolute Gasteiger partial charge is 0.416 e. The first-order valence-corrected chi connectivity index (χ1v) is 8.79. The first kappa shape index (κ1) is 17.2. The van der Waals surface area contributed by atoms with Crippen LogP contribution in [0.2, 0.25) is 0 Å². The van der Waals surface area contributed by atoms with Gasteiger partial charge >= 0.3 is 6.61 Å². The fourth-order valence-electron chi connectivity index (χ4n) is 3.90. The summed E-state index contributed by atoms with van der Waals surface area (Å²) >= 11 is 0. The number of hydrogen-bond acceptors (Lipinski definition) is 5. The third-order valence-corrected chi connectivity index (χ3v) is 5.33. The lowest BCUT2D eigenvalue weighted by Crippen LogP contribution is -2.24. The van der Waals surface area contributed by atoms with Gasteiger partial charge in [0.05, 0.1) is 37.4 Å². The standard InChI is InChI=1S/C18H15F3N4O3/c19-13-4-2-1-3-9(13)6-24-17(28-18(20)21)10-5-22-25(16(26)14(10)23-24)15-11-7-27-8-12(11)15/h1-5,11-12,15,18H,6-8H2/t11-,12+,15-. The Morgan fingerprint density at radius 3 is 2.71 bits per heavy atom. The summed E-state index contributed by atoms with van der Waals surface area (Å²) < 4.78 is 52.2. The number of alkyl halides is 2. The van der Waals surface area contributed by atoms with E-state index in [1.807, 2.05) is 0 Å². The van der Waals surface area contributed by atoms with Crippen LogP contribution in [0.25, 0.3) is 10.9 Å². The van der Waals surface area contributed by atoms with Crippen LogP contribution in [0.15, 0.2) is 35.3 Å². The maximum absolute atomic E-state index is 14.0. The van der Waals surface area contributed by atoms with Crippen molar-refractivity contribution in [1.82, 2.24) is 19.6 Å². The van der Waals surface area contributed by atoms with E-state index in [4.69, 9.17) is 4.74 Å². The van der Waals surface area contributed by atoms with Gasteiger partial charge in [0.1, 0.15) is 5.82 Å². The van der Waals surface area contributed by atoms with Gasteiger partial charge in [0, 0.05) is 17.4 Å². The first-order chi connectivity index (χ1) is 13.5. The van der Waals surface area contributed by atoms with Crippen molar-refractivity contribution in [2.45, 2.75) is 19.2 Å². The smallest absolute Gasteiger partial charge is 0.388 e. The van der Waals surface area contributed by atoms with Gasteiger partial charge in [0.2, 0.25) is 5.88 Å². The van der Waals surface area contributed by atoms with Crippen molar-refractivity contribution in [3.05, 3.63) is 52.2 Å². The van der Waals surface area contributed by atoms with E-state index in [-0.39, 0.29) is 46.8 Å². The minimum Gasteiger partial charge on any atom is -0.416 e. The molecule has 5 rings (SSSR count). The van der Waals surface area contributed by atoms with Gasteiger partial charge in [-0.05, 0) is 6.07 Å². The number of hydrogen-bond donors (Lipinski definition) is 0. The molecule has 3 heterocycles. The van der Waals surface area contributed by atoms with Crippen molar-refractivity contribution >= 4 is 10.9 Å². The number of ether oxygens (including phenoxy) is 2. The van der Waals surface area contributed by atoms with Crippen LogP contribution in [0.4, 0.5) is 13.2 Å². The van der Waals surface area contributed by atoms with Crippen molar-refractivity contribution < 1.29 is 22.6 Å². The van der Waals surface area contributed by atoms with Gasteiger partial charge in [-0.25, -0.2) is 13.8 Å². The highest BCUT2D eigenvalue weighted by Gasteiger charge is 2.56. The van der Waals surface area contributed by atoms with Crippen LogP contribution in [-0.4, -0.2) is 39.4 Å². The van der Waals surface area contributed by atoms with E-state index >= 15 is 0 Å². The van der Waals surface area contributed by atoms with Crippen LogP contribution >= 0.6 is 0 Å². The number of aromatic nitrogens is 4. The second-order valence-electron chi connectivity index (χ2n) is 6.95. The zero-order valence-corrected chi connectivity index (χ0v) is 14.5. The molecule has 1 aliphatic heterocycles. The lowest BCUT2D eigenvalue weighted by Gasteiger charge is -2.09. The zero-order valence-electron chi connectivity index (χ0n) is 14.5. The van der Waals surface area contributed by atoms with Gasteiger partial charge in [0.25, 0.3) is 5.56 Å². The van der Waals surface area contributed by atoms with E-state index < -0.39 is 18.0 Å². The SMILES string of the molecule is O=c1c2nn(Cc3ccccc3F)c(OC(F)F)c2cnn1[C@@H]1[C@@H]2COC[C@@H]21. The Morgan fingerprint density at radius 2 is 2.00 bits per heavy atom. The Labute approximate surface area is 156 Å². The van der Waals surface area contributed by atoms with Gasteiger partial charge in [-0.2, -0.15) is 19.0 Å². The van der Waals surface area contributed by atoms with Crippen LogP contribution in [0.1, 0.15) is 11.6 Å². The highest BCUT2D eigenvalue weighted by Crippen LogP contribution is 2.53. The molecule has 0 radical (unpaired) electrons. The van der Waals surface area contributed by atoms with E-state index in [1.165, 1.54) is 29.1 Å². The molecule has 7 nitrogen and oxygen atoms in total. The van der Waals surface area contributed by atoms with E-state index in [0.717, 1.165) is 4.68 Å². The van der Waals surface area contributed by atoms with Gasteiger partial charge < -0.3 is 9.47 Å². The molecule has 0 unspecified atom stereocenters. The number of benzene rings is 1. The minimum absolute atomic E-state index is 0.0344. The van der Waals surface area contributed by atoms with Gasteiger partial charge in [-0.1, -0.05) is 18.2 Å². The number of fused-ring (bicyclic) bond motifs is 2. The van der Waals surface area contributed by atoms with E-state index in [1.54, 1.807) is 6.07 Å². The predicted octanol–water partition coefficient (Wildman–Crippen LogP) is 2.20. The average molecular weight is 392 g/mol. The number of halogens is 3. The summed E-state index contributed by atoms with van der Waals surface area (Å²) in [6.07, 6.45) is 1.30. The van der Waals surface area contributed by atoms with E-state index in [9.17, 15) is 18.0 Å². The quantitative estimate of drug-likeness (QED) is 0.666. The third kappa shape index (κ3) is 2.67. The van der Waals surface area contributed by atoms with Crippen LogP contribution in [0, 0.1) is 17.7 Å². The molecule has 10 heteroatoms. The lowest BCUT2D eigenvalue weighted by atomic mass is 10.2. The molecule has 3 aromatic rings. The molecule has 1 saturated heterocycles. The molecule has 1 saturated carbocycles. The molecule has 0 amide bonds. The summed E-state index contributed by atoms with van der Waals surface area (Å²) in [5, 5.41) is 8.38. The van der Waals surface area contributed by atoms with Gasteiger partial charge in [-0.15, -0.1) is 0 Å². The average Bonchev–Trinajstić information content (AvgIpc) is 2.99. The second-order valence-corrected chi connectivity index (χ2v) is 6.95. The molecule has 3 atom stereocenters. The molecular formula is C18H15F3N4O3. The van der Waals surface area contributed by atoms with Crippen LogP contribution in [-0.2, 0) is 11.3 Å². The summed E-state index contributed by atoms with van der Waals surface area (Å²) in [5.41, 5.74) is -0.284. The molecule has 2 fully saturated rings. The Kier molecular flexibility index (Phi) is 3.90. The fourth-order valence-corrected chi connectivity index (χ4v) is 3.90. The summed E-state index contributed by atoms with van der Waals surface area (Å²) in [7, 11) is 0. The summed E-state index contributed by atoms with van der Waals surface area (Å²) in [5.74, 6) is -0.351. The number of rotatable bonds is 5. The zero-order chi connectivity index (χ0) is 19.4. The van der Waals surface area contributed by atoms with E-state index in [0.29, 0.717) is 13.2 Å². The van der Waals surface area contributed by atoms with Crippen LogP contribution < -0.4 is 10.3 Å². The molecule has 2 aromatic heterocycles. The Bertz CT molecular complexity index is 1100. The normalized spacial score (nSPS) is 23.4. The van der Waals surface area contributed by atoms with Gasteiger partial charge in [0.15, 0.2) is 5.52 Å². The monoisotopic (exact) mass is 392 g/mol. The minimum atomic E-state index is -3.12. The summed E-state index contributed by atoms with van der Waals surface area (Å²) in [4.78, 5) is 12.9. The Balaban J connectivity index is 1.60. The van der Waals surface area contributed by atoms with Crippen molar-refractivity contribution in [3.63, 3.8) is 0 Å². The molecule has 1 aliphatic carbocycles. The highest BCUT2D eigenvalue weighted by molar-refractivity contribution is 5.82. The van der Waals surface area contributed by atoms with Gasteiger partial charge in [-0.3, -0.25) is 4.79 Å². The predicted molar refractivity (Wildman–Crippen MR) is 90.8 cm³/mol. The molecule has 146 valence electrons. The van der Waals surface area contributed by atoms with Crippen LogP contribution in [0.5, 0.6) is 5.88 Å². The molecule has 0 N–H and O–H groups in total. The van der Waals surface area contributed by atoms with Crippen LogP contribution in [0.3, 0.4) is 0 Å². The van der Waals surface area contributed by atoms with Crippen molar-refractivity contribution in [3.8, 4) is 5.88 Å². The lowest BCUT2D eigenvalue weighted by molar-refractivity contribution is -0.0546. The molecule has 28 heavy (non-hydrogen) atoms. The highest BCUT2D eigenvalue weighted by atomic mass is 19.3. The van der Waals surface area contributed by atoms with Crippen molar-refractivity contribution in [1.29, 1.82) is 0 Å². The third-order valence-electron chi connectivity index (χ3n) is 5.33. The summed E-state index contributed by atoms with van der Waals surface area (Å²) in [6.45, 7) is -2.14. The van der Waals surface area contributed by atoms with Crippen molar-refractivity contribution in [2.75, 3.05) is 13.2 Å². The number of nitrogens with zero attached hydrogens (tertiary/aromatic N) is 4. The molecule has 1 aromatic carbocycles. The Hall–Kier alpha value is -2.88. The first-order valence-electron chi connectivity index (χ1n) is 8.79. The molecule has 0 bridgehead atoms. The fraction of sp³-hybridized carbons (Fsp3) is 0.389. The molecule has 0 spiro atoms.